The van der Waals surface area contributed by atoms with Gasteiger partial charge in [-0.05, 0) is 35.7 Å². The van der Waals surface area contributed by atoms with Crippen molar-refractivity contribution in [3.63, 3.8) is 0 Å². The fourth-order valence-corrected chi connectivity index (χ4v) is 2.54. The summed E-state index contributed by atoms with van der Waals surface area (Å²) in [4.78, 5) is 0. The Morgan fingerprint density at radius 1 is 1.11 bits per heavy atom. The Morgan fingerprint density at radius 2 is 1.83 bits per heavy atom. The molecular weight excluding hydrogens is 226 g/mol. The number of aliphatic hydroxyl groups excluding tert-OH is 1. The smallest absolute Gasteiger partial charge is 0.143 e. The number of nitrogens with two attached hydrogens (primary N) is 1. The molecule has 3 heteroatoms. The van der Waals surface area contributed by atoms with E-state index in [4.69, 9.17) is 10.5 Å². The summed E-state index contributed by atoms with van der Waals surface area (Å²) in [6, 6.07) is 12.0. The minimum atomic E-state index is -0.225. The van der Waals surface area contributed by atoms with Crippen molar-refractivity contribution in [3.8, 4) is 5.75 Å². The van der Waals surface area contributed by atoms with Gasteiger partial charge in [0.25, 0.3) is 0 Å². The van der Waals surface area contributed by atoms with E-state index in [1.165, 1.54) is 0 Å². The Hall–Kier alpha value is -1.74. The average molecular weight is 243 g/mol. The summed E-state index contributed by atoms with van der Waals surface area (Å²) in [5, 5.41) is 11.8. The van der Waals surface area contributed by atoms with Crippen molar-refractivity contribution in [2.75, 3.05) is 5.73 Å². The molecule has 2 aromatic carbocycles. The number of benzene rings is 2. The third-order valence-corrected chi connectivity index (χ3v) is 3.53. The molecule has 3 N–H and O–H groups in total. The van der Waals surface area contributed by atoms with E-state index >= 15 is 0 Å². The van der Waals surface area contributed by atoms with Gasteiger partial charge in [-0.1, -0.05) is 24.3 Å². The molecule has 1 saturated carbocycles. The second-order valence-corrected chi connectivity index (χ2v) is 4.94. The lowest BCUT2D eigenvalue weighted by Crippen LogP contribution is -2.14. The second-order valence-electron chi connectivity index (χ2n) is 4.94. The molecule has 1 aliphatic carbocycles. The lowest BCUT2D eigenvalue weighted by Gasteiger charge is -2.15. The monoisotopic (exact) mass is 243 g/mol. The van der Waals surface area contributed by atoms with E-state index in [-0.39, 0.29) is 12.2 Å². The molecule has 3 rings (SSSR count). The fourth-order valence-electron chi connectivity index (χ4n) is 2.54. The molecule has 0 amide bonds. The Labute approximate surface area is 106 Å². The quantitative estimate of drug-likeness (QED) is 0.797. The van der Waals surface area contributed by atoms with Gasteiger partial charge < -0.3 is 15.6 Å². The van der Waals surface area contributed by atoms with Crippen molar-refractivity contribution in [2.45, 2.75) is 31.5 Å². The Morgan fingerprint density at radius 3 is 2.50 bits per heavy atom. The first-order valence-corrected chi connectivity index (χ1v) is 6.35. The summed E-state index contributed by atoms with van der Waals surface area (Å²) in [7, 11) is 0. The minimum absolute atomic E-state index is 0.0865. The molecule has 0 radical (unpaired) electrons. The zero-order chi connectivity index (χ0) is 12.5. The van der Waals surface area contributed by atoms with E-state index in [0.29, 0.717) is 12.1 Å². The van der Waals surface area contributed by atoms with Crippen molar-refractivity contribution in [2.24, 2.45) is 0 Å². The molecule has 0 heterocycles. The maximum absolute atomic E-state index is 9.51. The van der Waals surface area contributed by atoms with Crippen molar-refractivity contribution >= 4 is 16.5 Å². The van der Waals surface area contributed by atoms with Gasteiger partial charge in [-0.3, -0.25) is 0 Å². The SMILES string of the molecule is Nc1cc2ccccc2cc1OC1CCC(O)C1. The number of rotatable bonds is 2. The molecule has 0 aliphatic heterocycles. The molecular formula is C15H17NO2. The first kappa shape index (κ1) is 11.4. The second kappa shape index (κ2) is 4.50. The van der Waals surface area contributed by atoms with Crippen molar-refractivity contribution in [1.82, 2.24) is 0 Å². The van der Waals surface area contributed by atoms with E-state index < -0.39 is 0 Å². The summed E-state index contributed by atoms with van der Waals surface area (Å²) in [5.74, 6) is 0.729. The molecule has 0 aromatic heterocycles. The molecule has 0 saturated heterocycles. The van der Waals surface area contributed by atoms with Crippen LogP contribution >= 0.6 is 0 Å². The van der Waals surface area contributed by atoms with Gasteiger partial charge in [-0.25, -0.2) is 0 Å². The van der Waals surface area contributed by atoms with Crippen LogP contribution in [0.2, 0.25) is 0 Å². The van der Waals surface area contributed by atoms with Crippen LogP contribution in [-0.2, 0) is 0 Å². The van der Waals surface area contributed by atoms with Gasteiger partial charge in [0.1, 0.15) is 11.9 Å². The van der Waals surface area contributed by atoms with Crippen LogP contribution in [0, 0.1) is 0 Å². The van der Waals surface area contributed by atoms with E-state index in [1.54, 1.807) is 0 Å². The van der Waals surface area contributed by atoms with Crippen molar-refractivity contribution < 1.29 is 9.84 Å². The summed E-state index contributed by atoms with van der Waals surface area (Å²) in [6.07, 6.45) is 2.28. The molecule has 2 aromatic rings. The minimum Gasteiger partial charge on any atom is -0.488 e. The fraction of sp³-hybridized carbons (Fsp3) is 0.333. The van der Waals surface area contributed by atoms with E-state index in [1.807, 2.05) is 36.4 Å². The molecule has 1 fully saturated rings. The third-order valence-electron chi connectivity index (χ3n) is 3.53. The highest BCUT2D eigenvalue weighted by Crippen LogP contribution is 2.31. The van der Waals surface area contributed by atoms with Crippen LogP contribution in [0.4, 0.5) is 5.69 Å². The first-order chi connectivity index (χ1) is 8.72. The molecule has 0 bridgehead atoms. The average Bonchev–Trinajstić information content (AvgIpc) is 2.76. The molecule has 2 unspecified atom stereocenters. The molecule has 3 nitrogen and oxygen atoms in total. The normalized spacial score (nSPS) is 23.4. The topological polar surface area (TPSA) is 55.5 Å². The molecule has 1 aliphatic rings. The number of nitrogen functional groups attached to an aromatic ring is 1. The Balaban J connectivity index is 1.89. The van der Waals surface area contributed by atoms with Crippen molar-refractivity contribution in [3.05, 3.63) is 36.4 Å². The number of ether oxygens (including phenoxy) is 1. The van der Waals surface area contributed by atoms with Crippen LogP contribution in [0.15, 0.2) is 36.4 Å². The van der Waals surface area contributed by atoms with Gasteiger partial charge in [-0.15, -0.1) is 0 Å². The zero-order valence-corrected chi connectivity index (χ0v) is 10.2. The van der Waals surface area contributed by atoms with E-state index in [9.17, 15) is 5.11 Å². The number of hydrogen-bond donors (Lipinski definition) is 2. The van der Waals surface area contributed by atoms with Gasteiger partial charge >= 0.3 is 0 Å². The summed E-state index contributed by atoms with van der Waals surface area (Å²) in [5.41, 5.74) is 6.67. The zero-order valence-electron chi connectivity index (χ0n) is 10.2. The van der Waals surface area contributed by atoms with Crippen LogP contribution in [0.1, 0.15) is 19.3 Å². The Kier molecular flexibility index (Phi) is 2.84. The highest BCUT2D eigenvalue weighted by atomic mass is 16.5. The number of fused-ring (bicyclic) bond motifs is 1. The van der Waals surface area contributed by atoms with Gasteiger partial charge in [0.15, 0.2) is 0 Å². The van der Waals surface area contributed by atoms with Crippen LogP contribution in [0.3, 0.4) is 0 Å². The lowest BCUT2D eigenvalue weighted by molar-refractivity contribution is 0.150. The van der Waals surface area contributed by atoms with Crippen LogP contribution in [0.5, 0.6) is 5.75 Å². The van der Waals surface area contributed by atoms with Crippen LogP contribution in [0.25, 0.3) is 10.8 Å². The highest BCUT2D eigenvalue weighted by molar-refractivity contribution is 5.88. The molecule has 2 atom stereocenters. The van der Waals surface area contributed by atoms with Crippen LogP contribution < -0.4 is 10.5 Å². The standard InChI is InChI=1S/C15H17NO2/c16-14-7-10-3-1-2-4-11(10)8-15(14)18-13-6-5-12(17)9-13/h1-4,7-8,12-13,17H,5-6,9,16H2. The lowest BCUT2D eigenvalue weighted by atomic mass is 10.1. The summed E-state index contributed by atoms with van der Waals surface area (Å²) >= 11 is 0. The molecule has 18 heavy (non-hydrogen) atoms. The third kappa shape index (κ3) is 2.14. The van der Waals surface area contributed by atoms with Gasteiger partial charge in [-0.2, -0.15) is 0 Å². The number of anilines is 1. The molecule has 0 spiro atoms. The van der Waals surface area contributed by atoms with Gasteiger partial charge in [0.2, 0.25) is 0 Å². The van der Waals surface area contributed by atoms with Crippen LogP contribution in [-0.4, -0.2) is 17.3 Å². The maximum Gasteiger partial charge on any atom is 0.143 e. The van der Waals surface area contributed by atoms with Gasteiger partial charge in [0.05, 0.1) is 11.8 Å². The predicted molar refractivity (Wildman–Crippen MR) is 72.6 cm³/mol. The molecule has 94 valence electrons. The predicted octanol–water partition coefficient (Wildman–Crippen LogP) is 2.71. The number of aliphatic hydroxyl groups is 1. The summed E-state index contributed by atoms with van der Waals surface area (Å²) in [6.45, 7) is 0. The maximum atomic E-state index is 9.51. The van der Waals surface area contributed by atoms with E-state index in [2.05, 4.69) is 0 Å². The van der Waals surface area contributed by atoms with Crippen molar-refractivity contribution in [1.29, 1.82) is 0 Å². The summed E-state index contributed by atoms with van der Waals surface area (Å²) < 4.78 is 5.90. The van der Waals surface area contributed by atoms with E-state index in [0.717, 1.165) is 29.4 Å². The highest BCUT2D eigenvalue weighted by Gasteiger charge is 2.24. The van der Waals surface area contributed by atoms with Gasteiger partial charge in [0, 0.05) is 6.42 Å². The number of hydrogen-bond acceptors (Lipinski definition) is 3. The first-order valence-electron chi connectivity index (χ1n) is 6.35. The Bertz CT molecular complexity index is 567. The largest absolute Gasteiger partial charge is 0.488 e.